The average Bonchev–Trinajstić information content (AvgIpc) is 2.23. The standard InChI is InChI=1S/C10H22N.CH3F/c1-3-8-11(4-2)9-6-5-7-10-11;1-2/h3-10H2,1-2H3;1H3/q+1;. The molecule has 0 amide bonds. The highest BCUT2D eigenvalue weighted by Crippen LogP contribution is 2.18. The van der Waals surface area contributed by atoms with Crippen molar-refractivity contribution in [2.45, 2.75) is 39.5 Å². The van der Waals surface area contributed by atoms with E-state index in [9.17, 15) is 4.39 Å². The molecule has 0 atom stereocenters. The number of alkyl halides is 1. The highest BCUT2D eigenvalue weighted by atomic mass is 19.1. The molecule has 0 aromatic carbocycles. The summed E-state index contributed by atoms with van der Waals surface area (Å²) >= 11 is 0. The van der Waals surface area contributed by atoms with Gasteiger partial charge < -0.3 is 4.48 Å². The Balaban J connectivity index is 0.000000671. The fourth-order valence-corrected chi connectivity index (χ4v) is 2.36. The van der Waals surface area contributed by atoms with Crippen LogP contribution in [0.2, 0.25) is 0 Å². The van der Waals surface area contributed by atoms with Gasteiger partial charge in [0.25, 0.3) is 0 Å². The first-order chi connectivity index (χ1) is 6.33. The maximum absolute atomic E-state index is 9.50. The maximum atomic E-state index is 9.50. The molecule has 1 nitrogen and oxygen atoms in total. The first-order valence-electron chi connectivity index (χ1n) is 5.56. The third-order valence-corrected chi connectivity index (χ3v) is 3.13. The molecule has 1 aliphatic rings. The molecule has 0 N–H and O–H groups in total. The van der Waals surface area contributed by atoms with Gasteiger partial charge in [0.2, 0.25) is 0 Å². The van der Waals surface area contributed by atoms with Crippen molar-refractivity contribution in [2.24, 2.45) is 0 Å². The molecule has 1 aliphatic heterocycles. The summed E-state index contributed by atoms with van der Waals surface area (Å²) in [5.41, 5.74) is 0. The van der Waals surface area contributed by atoms with Crippen LogP contribution >= 0.6 is 0 Å². The van der Waals surface area contributed by atoms with E-state index in [1.54, 1.807) is 0 Å². The molecule has 0 aliphatic carbocycles. The zero-order chi connectivity index (χ0) is 10.2. The number of hydrogen-bond donors (Lipinski definition) is 0. The van der Waals surface area contributed by atoms with Gasteiger partial charge in [0.1, 0.15) is 0 Å². The van der Waals surface area contributed by atoms with Gasteiger partial charge in [-0.15, -0.1) is 0 Å². The molecular weight excluding hydrogens is 165 g/mol. The summed E-state index contributed by atoms with van der Waals surface area (Å²) in [5, 5.41) is 0. The zero-order valence-corrected chi connectivity index (χ0v) is 9.48. The Kier molecular flexibility index (Phi) is 7.25. The predicted octanol–water partition coefficient (Wildman–Crippen LogP) is 3.00. The molecule has 80 valence electrons. The molecule has 0 radical (unpaired) electrons. The van der Waals surface area contributed by atoms with Gasteiger partial charge in [0.15, 0.2) is 0 Å². The highest BCUT2D eigenvalue weighted by molar-refractivity contribution is 4.52. The van der Waals surface area contributed by atoms with Gasteiger partial charge in [-0.3, -0.25) is 4.39 Å². The lowest BCUT2D eigenvalue weighted by atomic mass is 10.1. The lowest BCUT2D eigenvalue weighted by molar-refractivity contribution is -0.930. The largest absolute Gasteiger partial charge is 0.324 e. The SMILES string of the molecule is CCC[N+]1(CC)CCCCC1.CF. The van der Waals surface area contributed by atoms with Crippen molar-refractivity contribution >= 4 is 0 Å². The predicted molar refractivity (Wildman–Crippen MR) is 56.6 cm³/mol. The molecule has 0 bridgehead atoms. The second-order valence-corrected chi connectivity index (χ2v) is 3.89. The molecule has 2 heteroatoms. The Morgan fingerprint density at radius 2 is 1.54 bits per heavy atom. The minimum Gasteiger partial charge on any atom is -0.324 e. The Hall–Kier alpha value is -0.110. The van der Waals surface area contributed by atoms with Crippen LogP contribution in [-0.2, 0) is 0 Å². The fourth-order valence-electron chi connectivity index (χ4n) is 2.36. The van der Waals surface area contributed by atoms with Crippen LogP contribution in [0.15, 0.2) is 0 Å². The van der Waals surface area contributed by atoms with Gasteiger partial charge in [0, 0.05) is 0 Å². The zero-order valence-electron chi connectivity index (χ0n) is 9.48. The number of hydrogen-bond acceptors (Lipinski definition) is 0. The number of halogens is 1. The number of rotatable bonds is 3. The summed E-state index contributed by atoms with van der Waals surface area (Å²) < 4.78 is 10.9. The van der Waals surface area contributed by atoms with Crippen molar-refractivity contribution in [3.05, 3.63) is 0 Å². The topological polar surface area (TPSA) is 0 Å². The van der Waals surface area contributed by atoms with Crippen molar-refractivity contribution in [3.63, 3.8) is 0 Å². The highest BCUT2D eigenvalue weighted by Gasteiger charge is 2.26. The molecule has 1 rings (SSSR count). The van der Waals surface area contributed by atoms with Crippen LogP contribution in [0.25, 0.3) is 0 Å². The number of quaternary nitrogens is 1. The quantitative estimate of drug-likeness (QED) is 0.600. The van der Waals surface area contributed by atoms with Crippen LogP contribution in [0.1, 0.15) is 39.5 Å². The molecule has 1 saturated heterocycles. The van der Waals surface area contributed by atoms with Gasteiger partial charge in [0.05, 0.1) is 33.4 Å². The maximum Gasteiger partial charge on any atom is 0.0786 e. The minimum absolute atomic E-state index is 0.500. The monoisotopic (exact) mass is 190 g/mol. The van der Waals surface area contributed by atoms with E-state index in [-0.39, 0.29) is 0 Å². The third kappa shape index (κ3) is 4.08. The molecule has 0 aromatic heterocycles. The van der Waals surface area contributed by atoms with Gasteiger partial charge in [-0.2, -0.15) is 0 Å². The third-order valence-electron chi connectivity index (χ3n) is 3.13. The summed E-state index contributed by atoms with van der Waals surface area (Å²) in [6, 6.07) is 0. The van der Waals surface area contributed by atoms with E-state index in [1.165, 1.54) is 56.3 Å². The summed E-state index contributed by atoms with van der Waals surface area (Å²) in [6.45, 7) is 10.3. The van der Waals surface area contributed by atoms with Gasteiger partial charge in [-0.05, 0) is 32.6 Å². The molecule has 0 saturated carbocycles. The van der Waals surface area contributed by atoms with E-state index >= 15 is 0 Å². The van der Waals surface area contributed by atoms with Crippen molar-refractivity contribution in [3.8, 4) is 0 Å². The Morgan fingerprint density at radius 3 is 1.92 bits per heavy atom. The smallest absolute Gasteiger partial charge is 0.0786 e. The van der Waals surface area contributed by atoms with Crippen LogP contribution in [0.3, 0.4) is 0 Å². The summed E-state index contributed by atoms with van der Waals surface area (Å²) in [5.74, 6) is 0. The van der Waals surface area contributed by atoms with Crippen LogP contribution in [-0.4, -0.2) is 37.8 Å². The second kappa shape index (κ2) is 7.31. The van der Waals surface area contributed by atoms with Crippen LogP contribution in [0, 0.1) is 0 Å². The number of nitrogens with zero attached hydrogens (tertiary/aromatic N) is 1. The van der Waals surface area contributed by atoms with E-state index in [2.05, 4.69) is 13.8 Å². The van der Waals surface area contributed by atoms with E-state index in [1.807, 2.05) is 0 Å². The first-order valence-corrected chi connectivity index (χ1v) is 5.56. The normalized spacial score (nSPS) is 20.3. The molecule has 0 spiro atoms. The average molecular weight is 190 g/mol. The van der Waals surface area contributed by atoms with E-state index in [0.717, 1.165) is 0 Å². The second-order valence-electron chi connectivity index (χ2n) is 3.89. The Labute approximate surface area is 82.5 Å². The van der Waals surface area contributed by atoms with Crippen molar-refractivity contribution in [1.29, 1.82) is 0 Å². The summed E-state index contributed by atoms with van der Waals surface area (Å²) in [7, 11) is 0.500. The van der Waals surface area contributed by atoms with Gasteiger partial charge in [-0.1, -0.05) is 6.92 Å². The fraction of sp³-hybridized carbons (Fsp3) is 1.00. The molecule has 1 heterocycles. The first kappa shape index (κ1) is 12.9. The molecule has 13 heavy (non-hydrogen) atoms. The van der Waals surface area contributed by atoms with Crippen molar-refractivity contribution < 1.29 is 8.87 Å². The molecule has 0 aromatic rings. The van der Waals surface area contributed by atoms with Gasteiger partial charge >= 0.3 is 0 Å². The molecule has 1 fully saturated rings. The van der Waals surface area contributed by atoms with Gasteiger partial charge in [-0.25, -0.2) is 0 Å². The Morgan fingerprint density at radius 1 is 1.00 bits per heavy atom. The van der Waals surface area contributed by atoms with E-state index < -0.39 is 0 Å². The summed E-state index contributed by atoms with van der Waals surface area (Å²) in [4.78, 5) is 0. The number of likely N-dealkylation sites (tertiary alicyclic amines) is 1. The van der Waals surface area contributed by atoms with Crippen LogP contribution < -0.4 is 0 Å². The van der Waals surface area contributed by atoms with Crippen LogP contribution in [0.5, 0.6) is 0 Å². The number of piperidine rings is 1. The van der Waals surface area contributed by atoms with Crippen molar-refractivity contribution in [1.82, 2.24) is 0 Å². The molecular formula is C11H25FN+. The Bertz CT molecular complexity index is 103. The minimum atomic E-state index is 0.500. The summed E-state index contributed by atoms with van der Waals surface area (Å²) in [6.07, 6.45) is 5.76. The lowest BCUT2D eigenvalue weighted by Crippen LogP contribution is -2.51. The van der Waals surface area contributed by atoms with E-state index in [0.29, 0.717) is 7.18 Å². The van der Waals surface area contributed by atoms with E-state index in [4.69, 9.17) is 0 Å². The lowest BCUT2D eigenvalue weighted by Gasteiger charge is -2.40. The molecule has 0 unspecified atom stereocenters. The van der Waals surface area contributed by atoms with Crippen molar-refractivity contribution in [2.75, 3.05) is 33.4 Å². The van der Waals surface area contributed by atoms with Crippen LogP contribution in [0.4, 0.5) is 4.39 Å².